The van der Waals surface area contributed by atoms with Gasteiger partial charge in [0.1, 0.15) is 0 Å². The summed E-state index contributed by atoms with van der Waals surface area (Å²) >= 11 is 0. The fraction of sp³-hybridized carbons (Fsp3) is 0. The lowest BCUT2D eigenvalue weighted by Crippen LogP contribution is -1.88. The first-order valence-electron chi connectivity index (χ1n) is 9.52. The van der Waals surface area contributed by atoms with E-state index in [1.54, 1.807) is 6.20 Å². The second-order valence-corrected chi connectivity index (χ2v) is 7.09. The number of rotatable bonds is 1. The predicted octanol–water partition coefficient (Wildman–Crippen LogP) is 4.51. The van der Waals surface area contributed by atoms with Crippen molar-refractivity contribution in [1.29, 1.82) is 0 Å². The van der Waals surface area contributed by atoms with Gasteiger partial charge < -0.3 is 9.97 Å². The van der Waals surface area contributed by atoms with E-state index in [-0.39, 0.29) is 0 Å². The summed E-state index contributed by atoms with van der Waals surface area (Å²) in [6.45, 7) is 0. The van der Waals surface area contributed by atoms with Gasteiger partial charge in [-0.3, -0.25) is 0 Å². The average molecular weight is 389 g/mol. The lowest BCUT2D eigenvalue weighted by molar-refractivity contribution is 0.871. The maximum atomic E-state index is 4.71. The van der Waals surface area contributed by atoms with Gasteiger partial charge in [0, 0.05) is 22.1 Å². The van der Waals surface area contributed by atoms with Gasteiger partial charge in [-0.05, 0) is 78.0 Å². The topological polar surface area (TPSA) is 96.0 Å². The Kier molecular flexibility index (Phi) is 3.64. The van der Waals surface area contributed by atoms with Crippen LogP contribution in [0.25, 0.3) is 57.6 Å². The minimum Gasteiger partial charge on any atom is -0.355 e. The Morgan fingerprint density at radius 2 is 1.30 bits per heavy atom. The van der Waals surface area contributed by atoms with Crippen molar-refractivity contribution in [3.8, 4) is 11.3 Å². The second kappa shape index (κ2) is 6.59. The third-order valence-electron chi connectivity index (χ3n) is 4.95. The van der Waals surface area contributed by atoms with Crippen LogP contribution >= 0.6 is 0 Å². The summed E-state index contributed by atoms with van der Waals surface area (Å²) in [5.41, 5.74) is 9.02. The molecule has 8 bridgehead atoms. The highest BCUT2D eigenvalue weighted by atomic mass is 15.3. The van der Waals surface area contributed by atoms with Gasteiger partial charge in [0.2, 0.25) is 0 Å². The van der Waals surface area contributed by atoms with Crippen molar-refractivity contribution in [2.75, 3.05) is 0 Å². The van der Waals surface area contributed by atoms with Crippen LogP contribution in [0, 0.1) is 0 Å². The first-order valence-corrected chi connectivity index (χ1v) is 9.52. The van der Waals surface area contributed by atoms with Gasteiger partial charge in [-0.1, -0.05) is 0 Å². The van der Waals surface area contributed by atoms with E-state index in [1.165, 1.54) is 0 Å². The SMILES string of the molecule is C1=Cc2cc3ccc(cc4cc(-c5ccnnn5)c(cc5nc(cc1n2)C=C5)[nH]4)[nH]3. The number of hydrogen-bond acceptors (Lipinski definition) is 5. The summed E-state index contributed by atoms with van der Waals surface area (Å²) < 4.78 is 0. The summed E-state index contributed by atoms with van der Waals surface area (Å²) in [5, 5.41) is 11.7. The molecule has 0 spiro atoms. The molecule has 7 nitrogen and oxygen atoms in total. The van der Waals surface area contributed by atoms with Crippen molar-refractivity contribution in [2.24, 2.45) is 0 Å². The van der Waals surface area contributed by atoms with Crippen LogP contribution in [0.2, 0.25) is 0 Å². The highest BCUT2D eigenvalue weighted by Gasteiger charge is 2.08. The van der Waals surface area contributed by atoms with Gasteiger partial charge >= 0.3 is 0 Å². The number of aromatic nitrogens is 7. The molecular formula is C23H15N7. The molecule has 0 aromatic carbocycles. The fourth-order valence-electron chi connectivity index (χ4n) is 3.61. The van der Waals surface area contributed by atoms with Crippen molar-refractivity contribution >= 4 is 46.4 Å². The Morgan fingerprint density at radius 1 is 0.600 bits per heavy atom. The normalized spacial score (nSPS) is 12.4. The Hall–Kier alpha value is -4.39. The maximum Gasteiger partial charge on any atom is 0.0984 e. The third kappa shape index (κ3) is 3.08. The first-order chi connectivity index (χ1) is 14.8. The molecule has 0 radical (unpaired) electrons. The minimum absolute atomic E-state index is 0.747. The minimum atomic E-state index is 0.747. The van der Waals surface area contributed by atoms with Crippen molar-refractivity contribution in [3.63, 3.8) is 0 Å². The highest BCUT2D eigenvalue weighted by Crippen LogP contribution is 2.25. The lowest BCUT2D eigenvalue weighted by atomic mass is 10.2. The zero-order chi connectivity index (χ0) is 19.9. The molecule has 0 atom stereocenters. The van der Waals surface area contributed by atoms with Gasteiger partial charge in [-0.15, -0.1) is 10.2 Å². The van der Waals surface area contributed by atoms with E-state index in [0.29, 0.717) is 0 Å². The number of H-pyrrole nitrogens is 2. The van der Waals surface area contributed by atoms with Gasteiger partial charge in [0.05, 0.1) is 40.2 Å². The molecule has 2 N–H and O–H groups in total. The summed E-state index contributed by atoms with van der Waals surface area (Å²) in [6.07, 6.45) is 9.61. The molecule has 0 amide bonds. The van der Waals surface area contributed by atoms with Gasteiger partial charge in [0.15, 0.2) is 0 Å². The molecule has 2 aliphatic rings. The van der Waals surface area contributed by atoms with Gasteiger partial charge in [-0.25, -0.2) is 9.97 Å². The molecular weight excluding hydrogens is 374 g/mol. The standard InChI is InChI=1S/C23H15N7/c1-2-15-10-17-5-6-19(27-17)13-23-21(22-7-8-24-30-29-22)12-20(28-23)11-18-4-3-16(26-18)9-14(1)25-15/h1-13,26,28H. The van der Waals surface area contributed by atoms with E-state index in [4.69, 9.17) is 4.98 Å². The van der Waals surface area contributed by atoms with E-state index < -0.39 is 0 Å². The largest absolute Gasteiger partial charge is 0.355 e. The van der Waals surface area contributed by atoms with Gasteiger partial charge in [-0.2, -0.15) is 0 Å². The van der Waals surface area contributed by atoms with Crippen LogP contribution in [0.1, 0.15) is 22.8 Å². The number of aromatic amines is 2. The van der Waals surface area contributed by atoms with Crippen molar-refractivity contribution in [2.45, 2.75) is 0 Å². The van der Waals surface area contributed by atoms with E-state index in [2.05, 4.69) is 42.5 Å². The van der Waals surface area contributed by atoms with E-state index in [1.807, 2.05) is 60.7 Å². The van der Waals surface area contributed by atoms with Crippen molar-refractivity contribution in [1.82, 2.24) is 35.3 Å². The molecule has 6 rings (SSSR count). The zero-order valence-corrected chi connectivity index (χ0v) is 15.7. The summed E-state index contributed by atoms with van der Waals surface area (Å²) in [6, 6.07) is 16.0. The number of nitrogens with one attached hydrogen (secondary N) is 2. The molecule has 0 saturated carbocycles. The quantitative estimate of drug-likeness (QED) is 0.431. The van der Waals surface area contributed by atoms with Crippen LogP contribution in [0.15, 0.2) is 54.7 Å². The highest BCUT2D eigenvalue weighted by molar-refractivity contribution is 5.86. The third-order valence-corrected chi connectivity index (χ3v) is 4.95. The zero-order valence-electron chi connectivity index (χ0n) is 15.7. The Labute approximate surface area is 170 Å². The van der Waals surface area contributed by atoms with E-state index >= 15 is 0 Å². The lowest BCUT2D eigenvalue weighted by Gasteiger charge is -1.94. The maximum absolute atomic E-state index is 4.71. The van der Waals surface area contributed by atoms with Crippen LogP contribution in [0.4, 0.5) is 0 Å². The summed E-state index contributed by atoms with van der Waals surface area (Å²) in [4.78, 5) is 16.2. The molecule has 2 aliphatic heterocycles. The Bertz CT molecular complexity index is 1490. The summed E-state index contributed by atoms with van der Waals surface area (Å²) in [7, 11) is 0. The molecule has 30 heavy (non-hydrogen) atoms. The van der Waals surface area contributed by atoms with Crippen LogP contribution in [-0.4, -0.2) is 35.3 Å². The van der Waals surface area contributed by atoms with Crippen LogP contribution < -0.4 is 0 Å². The fourth-order valence-corrected chi connectivity index (χ4v) is 3.61. The summed E-state index contributed by atoms with van der Waals surface area (Å²) in [5.74, 6) is 0. The molecule has 0 unspecified atom stereocenters. The first kappa shape index (κ1) is 16.6. The van der Waals surface area contributed by atoms with Crippen LogP contribution in [0.5, 0.6) is 0 Å². The number of nitrogens with zero attached hydrogens (tertiary/aromatic N) is 5. The number of fused-ring (bicyclic) bond motifs is 8. The molecule has 0 saturated heterocycles. The molecule has 0 aliphatic carbocycles. The predicted molar refractivity (Wildman–Crippen MR) is 118 cm³/mol. The van der Waals surface area contributed by atoms with Crippen LogP contribution in [-0.2, 0) is 0 Å². The monoisotopic (exact) mass is 389 g/mol. The molecule has 142 valence electrons. The average Bonchev–Trinajstić information content (AvgIpc) is 3.53. The van der Waals surface area contributed by atoms with Crippen LogP contribution in [0.3, 0.4) is 0 Å². The second-order valence-electron chi connectivity index (χ2n) is 7.09. The van der Waals surface area contributed by atoms with E-state index in [9.17, 15) is 0 Å². The molecule has 4 aromatic heterocycles. The molecule has 7 heteroatoms. The van der Waals surface area contributed by atoms with Crippen molar-refractivity contribution < 1.29 is 0 Å². The van der Waals surface area contributed by atoms with Crippen molar-refractivity contribution in [3.05, 3.63) is 77.5 Å². The Balaban J connectivity index is 1.69. The Morgan fingerprint density at radius 3 is 2.03 bits per heavy atom. The van der Waals surface area contributed by atoms with Gasteiger partial charge in [0.25, 0.3) is 0 Å². The molecule has 0 fully saturated rings. The molecule has 6 heterocycles. The molecule has 4 aromatic rings. The number of hydrogen-bond donors (Lipinski definition) is 2. The van der Waals surface area contributed by atoms with E-state index in [0.717, 1.165) is 56.1 Å². The smallest absolute Gasteiger partial charge is 0.0984 e.